The first kappa shape index (κ1) is 12.6. The van der Waals surface area contributed by atoms with Crippen molar-refractivity contribution in [3.05, 3.63) is 0 Å². The Morgan fingerprint density at radius 1 is 1.00 bits per heavy atom. The average Bonchev–Trinajstić information content (AvgIpc) is 1.82. The van der Waals surface area contributed by atoms with Crippen LogP contribution in [-0.4, -0.2) is 33.2 Å². The van der Waals surface area contributed by atoms with Crippen molar-refractivity contribution in [1.29, 1.82) is 0 Å². The molecule has 0 aliphatic heterocycles. The van der Waals surface area contributed by atoms with Crippen LogP contribution in [0.4, 0.5) is 0 Å². The van der Waals surface area contributed by atoms with Crippen LogP contribution in [0.3, 0.4) is 0 Å². The van der Waals surface area contributed by atoms with E-state index in [1.807, 2.05) is 0 Å². The lowest BCUT2D eigenvalue weighted by molar-refractivity contribution is 0.242. The molecule has 0 aromatic rings. The van der Waals surface area contributed by atoms with Crippen molar-refractivity contribution in [2.24, 2.45) is 0 Å². The second-order valence-corrected chi connectivity index (χ2v) is 1.91. The van der Waals surface area contributed by atoms with E-state index in [0.717, 1.165) is 12.8 Å². The van der Waals surface area contributed by atoms with Crippen LogP contribution in [-0.2, 0) is 4.57 Å². The topological polar surface area (TPSA) is 98.0 Å². The molecule has 0 unspecified atom stereocenters. The molecule has 0 fully saturated rings. The minimum Gasteiger partial charge on any atom is -0.396 e. The van der Waals surface area contributed by atoms with Gasteiger partial charge in [0.25, 0.3) is 0 Å². The van der Waals surface area contributed by atoms with E-state index in [2.05, 4.69) is 0 Å². The minimum absolute atomic E-state index is 0.195. The average molecular weight is 171 g/mol. The molecule has 0 aliphatic carbocycles. The third-order valence-electron chi connectivity index (χ3n) is 0.566. The number of unbranched alkanes of at least 4 members (excludes halogenated alkanes) is 1. The molecule has 0 heterocycles. The van der Waals surface area contributed by atoms with Gasteiger partial charge in [-0.3, -0.25) is 0 Å². The summed E-state index contributed by atoms with van der Waals surface area (Å²) in [6.45, 7) is 0.390. The van der Waals surface area contributed by atoms with Crippen molar-refractivity contribution in [3.8, 4) is 0 Å². The van der Waals surface area contributed by atoms with Crippen molar-refractivity contribution in [2.75, 3.05) is 13.2 Å². The van der Waals surface area contributed by atoms with E-state index in [1.165, 1.54) is 0 Å². The smallest absolute Gasteiger partial charge is 0.396 e. The predicted octanol–water partition coefficient (Wildman–Crippen LogP) is -0.620. The fourth-order valence-corrected chi connectivity index (χ4v) is 0.224. The van der Waals surface area contributed by atoms with E-state index in [0.29, 0.717) is 0 Å². The number of rotatable bonds is 3. The van der Waals surface area contributed by atoms with Gasteiger partial charge in [-0.2, -0.15) is 0 Å². The molecule has 0 bridgehead atoms. The van der Waals surface area contributed by atoms with Gasteiger partial charge in [-0.25, -0.2) is 0 Å². The van der Waals surface area contributed by atoms with Crippen molar-refractivity contribution >= 4 is 8.25 Å². The lowest BCUT2D eigenvalue weighted by Crippen LogP contribution is -1.85. The highest BCUT2D eigenvalue weighted by atomic mass is 31.1. The van der Waals surface area contributed by atoms with Crippen LogP contribution < -0.4 is 0 Å². The zero-order chi connectivity index (χ0) is 8.41. The van der Waals surface area contributed by atoms with E-state index in [4.69, 9.17) is 24.6 Å². The molecule has 0 aromatic heterocycles. The monoisotopic (exact) mass is 171 g/mol. The molecule has 62 valence electrons. The van der Waals surface area contributed by atoms with Gasteiger partial charge in [0.05, 0.1) is 0 Å². The van der Waals surface area contributed by atoms with Crippen LogP contribution in [0.15, 0.2) is 0 Å². The Morgan fingerprint density at radius 2 is 1.20 bits per heavy atom. The number of hydrogen-bond acceptors (Lipinski definition) is 3. The maximum atomic E-state index is 8.70. The molecule has 6 heteroatoms. The molecular weight excluding hydrogens is 159 g/mol. The molecule has 10 heavy (non-hydrogen) atoms. The minimum atomic E-state index is -2.87. The van der Waals surface area contributed by atoms with Crippen molar-refractivity contribution < 1.29 is 24.6 Å². The largest absolute Gasteiger partial charge is 0.692 e. The van der Waals surface area contributed by atoms with Crippen LogP contribution in [0.2, 0.25) is 0 Å². The Hall–Kier alpha value is -0.0600. The zero-order valence-corrected chi connectivity index (χ0v) is 6.37. The summed E-state index contributed by atoms with van der Waals surface area (Å²) in [5, 5.41) is 16.2. The van der Waals surface area contributed by atoms with Gasteiger partial charge in [0, 0.05) is 17.8 Å². The second kappa shape index (κ2) is 11.7. The Morgan fingerprint density at radius 3 is 1.30 bits per heavy atom. The van der Waals surface area contributed by atoms with Gasteiger partial charge in [-0.05, 0) is 12.8 Å². The maximum absolute atomic E-state index is 8.70. The molecule has 0 rings (SSSR count). The molecule has 0 aromatic carbocycles. The summed E-state index contributed by atoms with van der Waals surface area (Å²) in [4.78, 5) is 14.2. The Kier molecular flexibility index (Phi) is 14.7. The van der Waals surface area contributed by atoms with Gasteiger partial charge in [-0.15, -0.1) is 9.79 Å². The van der Waals surface area contributed by atoms with Crippen molar-refractivity contribution in [3.63, 3.8) is 0 Å². The predicted molar refractivity (Wildman–Crippen MR) is 35.4 cm³/mol. The molecule has 5 nitrogen and oxygen atoms in total. The SMILES string of the molecule is O=[P+](O)O.OCCCCO. The highest BCUT2D eigenvalue weighted by Crippen LogP contribution is 1.98. The molecule has 0 saturated heterocycles. The highest BCUT2D eigenvalue weighted by Gasteiger charge is 1.93. The van der Waals surface area contributed by atoms with Gasteiger partial charge in [-0.1, -0.05) is 0 Å². The van der Waals surface area contributed by atoms with Gasteiger partial charge >= 0.3 is 8.25 Å². The fourth-order valence-electron chi connectivity index (χ4n) is 0.224. The van der Waals surface area contributed by atoms with Crippen LogP contribution >= 0.6 is 8.25 Å². The number of hydrogen-bond donors (Lipinski definition) is 4. The second-order valence-electron chi connectivity index (χ2n) is 1.41. The molecule has 0 atom stereocenters. The molecule has 0 aliphatic rings. The van der Waals surface area contributed by atoms with E-state index in [9.17, 15) is 0 Å². The maximum Gasteiger partial charge on any atom is 0.692 e. The Labute approximate surface area is 59.9 Å². The van der Waals surface area contributed by atoms with Crippen LogP contribution in [0.1, 0.15) is 12.8 Å². The quantitative estimate of drug-likeness (QED) is 0.335. The lowest BCUT2D eigenvalue weighted by atomic mass is 10.3. The summed E-state index contributed by atoms with van der Waals surface area (Å²) in [6.07, 6.45) is 1.44. The van der Waals surface area contributed by atoms with Gasteiger partial charge in [0.15, 0.2) is 0 Å². The molecular formula is C4H12O5P+. The van der Waals surface area contributed by atoms with Crippen LogP contribution in [0.5, 0.6) is 0 Å². The summed E-state index contributed by atoms with van der Waals surface area (Å²) in [7, 11) is -2.87. The summed E-state index contributed by atoms with van der Waals surface area (Å²) in [6, 6.07) is 0. The summed E-state index contributed by atoms with van der Waals surface area (Å²) < 4.78 is 8.70. The summed E-state index contributed by atoms with van der Waals surface area (Å²) in [5.74, 6) is 0. The van der Waals surface area contributed by atoms with Crippen molar-refractivity contribution in [1.82, 2.24) is 0 Å². The van der Waals surface area contributed by atoms with Crippen LogP contribution in [0.25, 0.3) is 0 Å². The van der Waals surface area contributed by atoms with E-state index in [1.54, 1.807) is 0 Å². The molecule has 0 amide bonds. The Bertz CT molecular complexity index is 68.0. The fraction of sp³-hybridized carbons (Fsp3) is 1.00. The molecule has 0 spiro atoms. The van der Waals surface area contributed by atoms with Gasteiger partial charge in [0.2, 0.25) is 0 Å². The van der Waals surface area contributed by atoms with Crippen LogP contribution in [0, 0.1) is 0 Å². The molecule has 0 saturated carbocycles. The first-order chi connectivity index (χ1) is 4.65. The van der Waals surface area contributed by atoms with E-state index < -0.39 is 8.25 Å². The first-order valence-corrected chi connectivity index (χ1v) is 3.88. The van der Waals surface area contributed by atoms with Crippen molar-refractivity contribution in [2.45, 2.75) is 12.8 Å². The van der Waals surface area contributed by atoms with Gasteiger partial charge < -0.3 is 10.2 Å². The Balaban J connectivity index is 0. The molecule has 4 N–H and O–H groups in total. The van der Waals surface area contributed by atoms with E-state index in [-0.39, 0.29) is 13.2 Å². The third kappa shape index (κ3) is 44.2. The first-order valence-electron chi connectivity index (χ1n) is 2.72. The number of aliphatic hydroxyl groups is 2. The zero-order valence-electron chi connectivity index (χ0n) is 5.47. The van der Waals surface area contributed by atoms with E-state index >= 15 is 0 Å². The normalized spacial score (nSPS) is 8.00. The number of aliphatic hydroxyl groups excluding tert-OH is 2. The summed E-state index contributed by atoms with van der Waals surface area (Å²) in [5.41, 5.74) is 0. The highest BCUT2D eigenvalue weighted by molar-refractivity contribution is 7.30. The molecule has 0 radical (unpaired) electrons. The standard InChI is InChI=1S/C4H10O2.HO3P/c5-3-1-2-4-6;1-4(2)3/h5-6H,1-4H2;(H-,1,2,3)/p+1. The summed E-state index contributed by atoms with van der Waals surface area (Å²) >= 11 is 0. The third-order valence-corrected chi connectivity index (χ3v) is 0.566. The van der Waals surface area contributed by atoms with Gasteiger partial charge in [0.1, 0.15) is 0 Å². The lowest BCUT2D eigenvalue weighted by Gasteiger charge is -1.85.